The van der Waals surface area contributed by atoms with E-state index in [0.29, 0.717) is 17.3 Å². The fraction of sp³-hybridized carbons (Fsp3) is 0.167. The smallest absolute Gasteiger partial charge is 0.187 e. The molecule has 0 unspecified atom stereocenters. The van der Waals surface area contributed by atoms with Crippen molar-refractivity contribution in [1.29, 1.82) is 0 Å². The van der Waals surface area contributed by atoms with E-state index in [1.165, 1.54) is 0 Å². The number of aliphatic hydroxyl groups excluding tert-OH is 1. The predicted molar refractivity (Wildman–Crippen MR) is 90.9 cm³/mol. The summed E-state index contributed by atoms with van der Waals surface area (Å²) in [6.07, 6.45) is 1.37. The Morgan fingerprint density at radius 1 is 1.08 bits per heavy atom. The highest BCUT2D eigenvalue weighted by atomic mass is 16.5. The van der Waals surface area contributed by atoms with E-state index in [2.05, 4.69) is 10.2 Å². The van der Waals surface area contributed by atoms with E-state index in [4.69, 9.17) is 9.72 Å². The van der Waals surface area contributed by atoms with Crippen LogP contribution in [-0.4, -0.2) is 37.4 Å². The molecule has 3 aromatic heterocycles. The summed E-state index contributed by atoms with van der Waals surface area (Å²) < 4.78 is 7.58. The minimum absolute atomic E-state index is 0.221. The van der Waals surface area contributed by atoms with E-state index in [-0.39, 0.29) is 6.61 Å². The Morgan fingerprint density at radius 3 is 2.88 bits per heavy atom. The second kappa shape index (κ2) is 5.90. The van der Waals surface area contributed by atoms with Crippen LogP contribution in [0.3, 0.4) is 0 Å². The van der Waals surface area contributed by atoms with E-state index < -0.39 is 6.10 Å². The molecule has 0 saturated heterocycles. The molecule has 1 N–H and O–H groups in total. The maximum atomic E-state index is 9.44. The molecular formula is C18H16N4O2. The quantitative estimate of drug-likeness (QED) is 0.626. The minimum atomic E-state index is -0.538. The van der Waals surface area contributed by atoms with Gasteiger partial charge in [0.2, 0.25) is 0 Å². The van der Waals surface area contributed by atoms with Crippen LogP contribution in [0.1, 0.15) is 6.92 Å². The topological polar surface area (TPSA) is 72.5 Å². The van der Waals surface area contributed by atoms with Gasteiger partial charge in [-0.25, -0.2) is 4.98 Å². The number of hydrogen-bond acceptors (Lipinski definition) is 5. The molecule has 0 aliphatic carbocycles. The summed E-state index contributed by atoms with van der Waals surface area (Å²) in [4.78, 5) is 4.72. The monoisotopic (exact) mass is 320 g/mol. The Balaban J connectivity index is 1.84. The third-order valence-corrected chi connectivity index (χ3v) is 3.71. The molecule has 4 aromatic rings. The fourth-order valence-corrected chi connectivity index (χ4v) is 2.59. The molecule has 0 aliphatic rings. The van der Waals surface area contributed by atoms with Crippen LogP contribution in [-0.2, 0) is 0 Å². The normalized spacial score (nSPS) is 12.6. The van der Waals surface area contributed by atoms with E-state index in [1.54, 1.807) is 6.92 Å². The molecule has 0 saturated carbocycles. The van der Waals surface area contributed by atoms with Gasteiger partial charge in [-0.3, -0.25) is 4.40 Å². The number of para-hydroxylation sites is 1. The number of hydrogen-bond donors (Lipinski definition) is 1. The van der Waals surface area contributed by atoms with Crippen molar-refractivity contribution < 1.29 is 9.84 Å². The molecule has 6 nitrogen and oxygen atoms in total. The van der Waals surface area contributed by atoms with Gasteiger partial charge in [0.15, 0.2) is 11.5 Å². The van der Waals surface area contributed by atoms with Gasteiger partial charge >= 0.3 is 0 Å². The first-order valence-electron chi connectivity index (χ1n) is 7.73. The van der Waals surface area contributed by atoms with Crippen molar-refractivity contribution in [2.45, 2.75) is 13.0 Å². The SMILES string of the molecule is C[C@H](O)COc1cccc2ccc(-c3nnc4ccccn34)nc12. The Bertz CT molecular complexity index is 1010. The molecule has 1 atom stereocenters. The Morgan fingerprint density at radius 2 is 2.00 bits per heavy atom. The van der Waals surface area contributed by atoms with Crippen LogP contribution in [0, 0.1) is 0 Å². The lowest BCUT2D eigenvalue weighted by Gasteiger charge is -2.11. The second-order valence-electron chi connectivity index (χ2n) is 5.64. The zero-order valence-electron chi connectivity index (χ0n) is 13.1. The minimum Gasteiger partial charge on any atom is -0.489 e. The van der Waals surface area contributed by atoms with Crippen molar-refractivity contribution in [3.8, 4) is 17.3 Å². The van der Waals surface area contributed by atoms with Crippen LogP contribution in [0.25, 0.3) is 28.1 Å². The summed E-state index contributed by atoms with van der Waals surface area (Å²) in [7, 11) is 0. The van der Waals surface area contributed by atoms with Gasteiger partial charge in [-0.15, -0.1) is 10.2 Å². The summed E-state index contributed by atoms with van der Waals surface area (Å²) >= 11 is 0. The zero-order valence-corrected chi connectivity index (χ0v) is 13.1. The standard InChI is InChI=1S/C18H16N4O2/c1-12(23)11-24-15-6-4-5-13-8-9-14(19-17(13)15)18-21-20-16-7-2-3-10-22(16)18/h2-10,12,23H,11H2,1H3/t12-/m0/s1. The van der Waals surface area contributed by atoms with Gasteiger partial charge in [0.05, 0.1) is 6.10 Å². The average molecular weight is 320 g/mol. The molecule has 120 valence electrons. The summed E-state index contributed by atoms with van der Waals surface area (Å²) in [5, 5.41) is 18.8. The van der Waals surface area contributed by atoms with Crippen molar-refractivity contribution in [3.05, 3.63) is 54.7 Å². The van der Waals surface area contributed by atoms with E-state index in [0.717, 1.165) is 16.6 Å². The predicted octanol–water partition coefficient (Wildman–Crippen LogP) is 2.70. The average Bonchev–Trinajstić information content (AvgIpc) is 3.03. The van der Waals surface area contributed by atoms with E-state index in [9.17, 15) is 5.11 Å². The van der Waals surface area contributed by atoms with Gasteiger partial charge in [0.1, 0.15) is 23.6 Å². The Kier molecular flexibility index (Phi) is 3.59. The molecule has 0 radical (unpaired) electrons. The van der Waals surface area contributed by atoms with Crippen molar-refractivity contribution in [2.75, 3.05) is 6.61 Å². The van der Waals surface area contributed by atoms with Crippen LogP contribution in [0.15, 0.2) is 54.7 Å². The first-order chi connectivity index (χ1) is 11.7. The van der Waals surface area contributed by atoms with Crippen LogP contribution < -0.4 is 4.74 Å². The van der Waals surface area contributed by atoms with Crippen LogP contribution in [0.4, 0.5) is 0 Å². The van der Waals surface area contributed by atoms with E-state index >= 15 is 0 Å². The van der Waals surface area contributed by atoms with Crippen molar-refractivity contribution >= 4 is 16.6 Å². The van der Waals surface area contributed by atoms with Crippen LogP contribution in [0.2, 0.25) is 0 Å². The number of aliphatic hydroxyl groups is 1. The van der Waals surface area contributed by atoms with Crippen molar-refractivity contribution in [2.24, 2.45) is 0 Å². The zero-order chi connectivity index (χ0) is 16.5. The third-order valence-electron chi connectivity index (χ3n) is 3.71. The highest BCUT2D eigenvalue weighted by Gasteiger charge is 2.12. The lowest BCUT2D eigenvalue weighted by molar-refractivity contribution is 0.123. The molecule has 0 aliphatic heterocycles. The van der Waals surface area contributed by atoms with Crippen molar-refractivity contribution in [3.63, 3.8) is 0 Å². The van der Waals surface area contributed by atoms with Crippen LogP contribution in [0.5, 0.6) is 5.75 Å². The lowest BCUT2D eigenvalue weighted by Crippen LogP contribution is -2.13. The third kappa shape index (κ3) is 2.57. The van der Waals surface area contributed by atoms with Gasteiger partial charge in [0, 0.05) is 11.6 Å². The lowest BCUT2D eigenvalue weighted by atomic mass is 10.2. The molecule has 0 bridgehead atoms. The molecule has 0 amide bonds. The molecule has 24 heavy (non-hydrogen) atoms. The second-order valence-corrected chi connectivity index (χ2v) is 5.64. The molecule has 6 heteroatoms. The number of benzene rings is 1. The summed E-state index contributed by atoms with van der Waals surface area (Å²) in [6, 6.07) is 15.4. The summed E-state index contributed by atoms with van der Waals surface area (Å²) in [5.41, 5.74) is 2.23. The molecule has 3 heterocycles. The number of nitrogens with zero attached hydrogens (tertiary/aromatic N) is 4. The van der Waals surface area contributed by atoms with Gasteiger partial charge in [-0.1, -0.05) is 24.3 Å². The summed E-state index contributed by atoms with van der Waals surface area (Å²) in [6.45, 7) is 1.91. The molecule has 0 spiro atoms. The Labute approximate surface area is 138 Å². The fourth-order valence-electron chi connectivity index (χ4n) is 2.59. The number of rotatable bonds is 4. The molecule has 1 aromatic carbocycles. The van der Waals surface area contributed by atoms with Gasteiger partial charge in [-0.05, 0) is 31.2 Å². The Hall–Kier alpha value is -2.99. The number of ether oxygens (including phenoxy) is 1. The number of aromatic nitrogens is 4. The number of pyridine rings is 2. The first kappa shape index (κ1) is 14.6. The largest absolute Gasteiger partial charge is 0.489 e. The van der Waals surface area contributed by atoms with Gasteiger partial charge < -0.3 is 9.84 Å². The van der Waals surface area contributed by atoms with Crippen molar-refractivity contribution in [1.82, 2.24) is 19.6 Å². The van der Waals surface area contributed by atoms with E-state index in [1.807, 2.05) is 59.1 Å². The maximum Gasteiger partial charge on any atom is 0.187 e. The number of fused-ring (bicyclic) bond motifs is 2. The molecular weight excluding hydrogens is 304 g/mol. The maximum absolute atomic E-state index is 9.44. The van der Waals surface area contributed by atoms with Gasteiger partial charge in [0.25, 0.3) is 0 Å². The first-order valence-corrected chi connectivity index (χ1v) is 7.73. The highest BCUT2D eigenvalue weighted by molar-refractivity contribution is 5.86. The van der Waals surface area contributed by atoms with Crippen LogP contribution >= 0.6 is 0 Å². The molecule has 4 rings (SSSR count). The van der Waals surface area contributed by atoms with Gasteiger partial charge in [-0.2, -0.15) is 0 Å². The summed E-state index contributed by atoms with van der Waals surface area (Å²) in [5.74, 6) is 1.32. The molecule has 0 fully saturated rings. The highest BCUT2D eigenvalue weighted by Crippen LogP contribution is 2.27.